The first-order chi connectivity index (χ1) is 8.41. The Morgan fingerprint density at radius 3 is 2.11 bits per heavy atom. The Bertz CT molecular complexity index is 404. The highest BCUT2D eigenvalue weighted by Gasteiger charge is 2.27. The lowest BCUT2D eigenvalue weighted by molar-refractivity contribution is 0.519. The topological polar surface area (TPSA) is 43.8 Å². The molecule has 1 heterocycles. The number of nitrogens with zero attached hydrogens (tertiary/aromatic N) is 2. The number of rotatable bonds is 1. The van der Waals surface area contributed by atoms with E-state index < -0.39 is 0 Å². The maximum atomic E-state index is 6.28. The summed E-state index contributed by atoms with van der Waals surface area (Å²) in [5.74, 6) is 2.57. The summed E-state index contributed by atoms with van der Waals surface area (Å²) >= 11 is 0. The molecule has 0 radical (unpaired) electrons. The number of hydrogen-bond acceptors (Lipinski definition) is 2. The van der Waals surface area contributed by atoms with Crippen molar-refractivity contribution in [1.29, 1.82) is 0 Å². The van der Waals surface area contributed by atoms with E-state index in [1.54, 1.807) is 0 Å². The fourth-order valence-corrected chi connectivity index (χ4v) is 3.06. The molecule has 2 rings (SSSR count). The summed E-state index contributed by atoms with van der Waals surface area (Å²) in [5.41, 5.74) is 7.50. The van der Waals surface area contributed by atoms with Gasteiger partial charge in [0.1, 0.15) is 11.6 Å². The number of imidazole rings is 1. The standard InChI is InChI=1S/C15H27N3/c1-15(2,3)14-17-12(13(16)18(14)4)11-9-7-5-6-8-10-11/h11H,5-10,16H2,1-4H3. The lowest BCUT2D eigenvalue weighted by Crippen LogP contribution is -2.18. The molecule has 0 aromatic carbocycles. The number of aromatic nitrogens is 2. The second-order valence-corrected chi connectivity index (χ2v) is 6.70. The molecule has 3 nitrogen and oxygen atoms in total. The minimum absolute atomic E-state index is 0.0614. The predicted molar refractivity (Wildman–Crippen MR) is 76.8 cm³/mol. The summed E-state index contributed by atoms with van der Waals surface area (Å²) in [7, 11) is 2.04. The third-order valence-corrected chi connectivity index (χ3v) is 4.08. The lowest BCUT2D eigenvalue weighted by atomic mass is 9.95. The Kier molecular flexibility index (Phi) is 3.69. The van der Waals surface area contributed by atoms with E-state index in [4.69, 9.17) is 10.7 Å². The van der Waals surface area contributed by atoms with Crippen LogP contribution < -0.4 is 5.73 Å². The first-order valence-corrected chi connectivity index (χ1v) is 7.24. The average Bonchev–Trinajstić information content (AvgIpc) is 2.52. The van der Waals surface area contributed by atoms with Gasteiger partial charge in [-0.3, -0.25) is 0 Å². The number of nitrogen functional groups attached to an aromatic ring is 1. The van der Waals surface area contributed by atoms with Crippen LogP contribution in [-0.4, -0.2) is 9.55 Å². The van der Waals surface area contributed by atoms with Crippen molar-refractivity contribution in [2.24, 2.45) is 7.05 Å². The van der Waals surface area contributed by atoms with E-state index in [0.717, 1.165) is 17.3 Å². The van der Waals surface area contributed by atoms with E-state index in [1.165, 1.54) is 38.5 Å². The molecule has 0 bridgehead atoms. The van der Waals surface area contributed by atoms with Crippen LogP contribution in [0.1, 0.15) is 76.7 Å². The van der Waals surface area contributed by atoms with Gasteiger partial charge in [0.15, 0.2) is 0 Å². The van der Waals surface area contributed by atoms with Gasteiger partial charge in [-0.15, -0.1) is 0 Å². The van der Waals surface area contributed by atoms with Crippen molar-refractivity contribution in [3.8, 4) is 0 Å². The zero-order chi connectivity index (χ0) is 13.3. The summed E-state index contributed by atoms with van der Waals surface area (Å²) in [4.78, 5) is 4.88. The fourth-order valence-electron chi connectivity index (χ4n) is 3.06. The molecule has 18 heavy (non-hydrogen) atoms. The van der Waals surface area contributed by atoms with Crippen LogP contribution in [0.25, 0.3) is 0 Å². The largest absolute Gasteiger partial charge is 0.384 e. The van der Waals surface area contributed by atoms with Crippen LogP contribution >= 0.6 is 0 Å². The molecule has 2 N–H and O–H groups in total. The zero-order valence-electron chi connectivity index (χ0n) is 12.3. The molecule has 1 aromatic rings. The first-order valence-electron chi connectivity index (χ1n) is 7.24. The second kappa shape index (κ2) is 4.94. The number of hydrogen-bond donors (Lipinski definition) is 1. The highest BCUT2D eigenvalue weighted by atomic mass is 15.1. The Balaban J connectivity index is 2.33. The smallest absolute Gasteiger partial charge is 0.126 e. The second-order valence-electron chi connectivity index (χ2n) is 6.70. The molecule has 102 valence electrons. The van der Waals surface area contributed by atoms with Gasteiger partial charge in [0.05, 0.1) is 5.69 Å². The Morgan fingerprint density at radius 2 is 1.67 bits per heavy atom. The highest BCUT2D eigenvalue weighted by molar-refractivity contribution is 5.41. The molecule has 1 fully saturated rings. The third-order valence-electron chi connectivity index (χ3n) is 4.08. The molecule has 3 heteroatoms. The Hall–Kier alpha value is -0.990. The maximum absolute atomic E-state index is 6.28. The van der Waals surface area contributed by atoms with Crippen molar-refractivity contribution in [2.75, 3.05) is 5.73 Å². The number of nitrogens with two attached hydrogens (primary N) is 1. The summed E-state index contributed by atoms with van der Waals surface area (Å²) in [6, 6.07) is 0. The lowest BCUT2D eigenvalue weighted by Gasteiger charge is -2.17. The third kappa shape index (κ3) is 2.55. The van der Waals surface area contributed by atoms with Crippen LogP contribution in [0.5, 0.6) is 0 Å². The molecule has 1 aromatic heterocycles. The molecular formula is C15H27N3. The van der Waals surface area contributed by atoms with Crippen molar-refractivity contribution in [3.63, 3.8) is 0 Å². The molecule has 0 aliphatic heterocycles. The minimum Gasteiger partial charge on any atom is -0.384 e. The van der Waals surface area contributed by atoms with Gasteiger partial charge in [0.2, 0.25) is 0 Å². The molecule has 1 aliphatic rings. The average molecular weight is 249 g/mol. The van der Waals surface area contributed by atoms with E-state index in [2.05, 4.69) is 25.3 Å². The van der Waals surface area contributed by atoms with Gasteiger partial charge in [-0.25, -0.2) is 4.98 Å². The summed E-state index contributed by atoms with van der Waals surface area (Å²) in [6.07, 6.45) is 7.90. The molecular weight excluding hydrogens is 222 g/mol. The van der Waals surface area contributed by atoms with Crippen LogP contribution in [0, 0.1) is 0 Å². The SMILES string of the molecule is Cn1c(C(C)(C)C)nc(C2CCCCCC2)c1N. The quantitative estimate of drug-likeness (QED) is 0.771. The maximum Gasteiger partial charge on any atom is 0.126 e. The molecule has 0 amide bonds. The van der Waals surface area contributed by atoms with Crippen molar-refractivity contribution in [3.05, 3.63) is 11.5 Å². The Morgan fingerprint density at radius 1 is 1.11 bits per heavy atom. The van der Waals surface area contributed by atoms with Gasteiger partial charge >= 0.3 is 0 Å². The van der Waals surface area contributed by atoms with Gasteiger partial charge in [0.25, 0.3) is 0 Å². The van der Waals surface area contributed by atoms with E-state index in [0.29, 0.717) is 5.92 Å². The van der Waals surface area contributed by atoms with Gasteiger partial charge in [-0.2, -0.15) is 0 Å². The van der Waals surface area contributed by atoms with Crippen LogP contribution in [0.15, 0.2) is 0 Å². The van der Waals surface area contributed by atoms with Crippen LogP contribution in [0.2, 0.25) is 0 Å². The van der Waals surface area contributed by atoms with Gasteiger partial charge in [-0.1, -0.05) is 46.5 Å². The predicted octanol–water partition coefficient (Wildman–Crippen LogP) is 3.74. The fraction of sp³-hybridized carbons (Fsp3) is 0.800. The minimum atomic E-state index is 0.0614. The molecule has 0 saturated heterocycles. The highest BCUT2D eigenvalue weighted by Crippen LogP contribution is 2.36. The normalized spacial score (nSPS) is 18.9. The molecule has 0 unspecified atom stereocenters. The van der Waals surface area contributed by atoms with E-state index in [9.17, 15) is 0 Å². The van der Waals surface area contributed by atoms with Crippen LogP contribution in [0.4, 0.5) is 5.82 Å². The monoisotopic (exact) mass is 249 g/mol. The van der Waals surface area contributed by atoms with Crippen molar-refractivity contribution in [1.82, 2.24) is 9.55 Å². The van der Waals surface area contributed by atoms with E-state index in [-0.39, 0.29) is 5.41 Å². The summed E-state index contributed by atoms with van der Waals surface area (Å²) in [6.45, 7) is 6.60. The van der Waals surface area contributed by atoms with Crippen LogP contribution in [-0.2, 0) is 12.5 Å². The molecule has 1 saturated carbocycles. The summed E-state index contributed by atoms with van der Waals surface area (Å²) < 4.78 is 2.08. The van der Waals surface area contributed by atoms with Crippen molar-refractivity contribution >= 4 is 5.82 Å². The van der Waals surface area contributed by atoms with E-state index >= 15 is 0 Å². The van der Waals surface area contributed by atoms with Gasteiger partial charge in [-0.05, 0) is 12.8 Å². The van der Waals surface area contributed by atoms with Crippen LogP contribution in [0.3, 0.4) is 0 Å². The van der Waals surface area contributed by atoms with Crippen molar-refractivity contribution in [2.45, 2.75) is 70.6 Å². The van der Waals surface area contributed by atoms with E-state index in [1.807, 2.05) is 7.05 Å². The van der Waals surface area contributed by atoms with Gasteiger partial charge < -0.3 is 10.3 Å². The van der Waals surface area contributed by atoms with Gasteiger partial charge in [0, 0.05) is 18.4 Å². The molecule has 0 spiro atoms. The number of anilines is 1. The Labute approximate surface area is 111 Å². The summed E-state index contributed by atoms with van der Waals surface area (Å²) in [5, 5.41) is 0. The van der Waals surface area contributed by atoms with Crippen molar-refractivity contribution < 1.29 is 0 Å². The zero-order valence-corrected chi connectivity index (χ0v) is 12.3. The first kappa shape index (κ1) is 13.4. The molecule has 1 aliphatic carbocycles. The molecule has 0 atom stereocenters.